The number of Topliss-reactive ketones (excluding diaryl/α,β-unsaturated/α-hetero) is 2. The summed E-state index contributed by atoms with van der Waals surface area (Å²) in [4.78, 5) is 25.2. The zero-order valence-corrected chi connectivity index (χ0v) is 11.6. The molecule has 0 amide bonds. The van der Waals surface area contributed by atoms with Crippen molar-refractivity contribution in [2.45, 2.75) is 13.8 Å². The number of rotatable bonds is 5. The minimum atomic E-state index is -1.89. The maximum Gasteiger partial charge on any atom is 0.166 e. The zero-order valence-electron chi connectivity index (χ0n) is 13.6. The summed E-state index contributed by atoms with van der Waals surface area (Å²) in [5.41, 5.74) is 0.665. The highest BCUT2D eigenvalue weighted by atomic mass is 16.1. The van der Waals surface area contributed by atoms with Crippen molar-refractivity contribution < 1.29 is 12.3 Å². The Balaban J connectivity index is 2.38. The molecule has 2 aromatic rings. The van der Waals surface area contributed by atoms with Crippen LogP contribution in [0.5, 0.6) is 0 Å². The number of benzene rings is 2. The van der Waals surface area contributed by atoms with Gasteiger partial charge in [0.2, 0.25) is 0 Å². The molecule has 0 spiro atoms. The molecule has 0 radical (unpaired) electrons. The normalized spacial score (nSPS) is 18.1. The Morgan fingerprint density at radius 3 is 1.35 bits per heavy atom. The molecule has 0 heterocycles. The molecule has 0 saturated carbocycles. The highest BCUT2D eigenvalue weighted by molar-refractivity contribution is 6.04. The van der Waals surface area contributed by atoms with Gasteiger partial charge in [-0.2, -0.15) is 0 Å². The van der Waals surface area contributed by atoms with Gasteiger partial charge in [0.15, 0.2) is 11.6 Å². The number of carbonyl (C=O) groups is 2. The topological polar surface area (TPSA) is 34.1 Å². The van der Waals surface area contributed by atoms with Gasteiger partial charge in [0, 0.05) is 25.7 Å². The summed E-state index contributed by atoms with van der Waals surface area (Å²) in [5, 5.41) is 0. The van der Waals surface area contributed by atoms with Gasteiger partial charge in [-0.1, -0.05) is 74.5 Å². The molecular weight excluding hydrogens is 248 g/mol. The average Bonchev–Trinajstić information content (AvgIpc) is 2.54. The van der Waals surface area contributed by atoms with Crippen molar-refractivity contribution in [1.29, 1.82) is 0 Å². The Morgan fingerprint density at radius 1 is 0.750 bits per heavy atom. The third kappa shape index (κ3) is 3.02. The minimum absolute atomic E-state index is 0.333. The van der Waals surface area contributed by atoms with Crippen LogP contribution in [0.15, 0.2) is 60.7 Å². The van der Waals surface area contributed by atoms with Gasteiger partial charge in [-0.25, -0.2) is 0 Å². The average molecular weight is 268 g/mol. The second-order valence-electron chi connectivity index (χ2n) is 4.64. The Bertz CT molecular complexity index is 615. The number of hydrogen-bond donors (Lipinski definition) is 0. The lowest BCUT2D eigenvalue weighted by Gasteiger charge is -2.18. The van der Waals surface area contributed by atoms with Crippen molar-refractivity contribution in [3.63, 3.8) is 0 Å². The molecule has 2 rings (SSSR count). The van der Waals surface area contributed by atoms with Crippen molar-refractivity contribution in [1.82, 2.24) is 0 Å². The van der Waals surface area contributed by atoms with Crippen LogP contribution in [0.3, 0.4) is 0 Å². The molecule has 0 aliphatic carbocycles. The van der Waals surface area contributed by atoms with Gasteiger partial charge in [0.05, 0.1) is 0 Å². The summed E-state index contributed by atoms with van der Waals surface area (Å²) in [7, 11) is 0. The maximum atomic E-state index is 12.6. The molecular formula is C18H18O2. The zero-order chi connectivity index (χ0) is 16.4. The molecule has 102 valence electrons. The first-order chi connectivity index (χ1) is 10.3. The summed E-state index contributed by atoms with van der Waals surface area (Å²) >= 11 is 0. The van der Waals surface area contributed by atoms with E-state index in [-0.39, 0.29) is 0 Å². The molecule has 0 bridgehead atoms. The molecule has 0 N–H and O–H groups in total. The fourth-order valence-electron chi connectivity index (χ4n) is 1.95. The quantitative estimate of drug-likeness (QED) is 0.767. The first kappa shape index (κ1) is 11.6. The summed E-state index contributed by atoms with van der Waals surface area (Å²) < 4.78 is 16.8. The molecule has 2 atom stereocenters. The molecule has 2 aromatic carbocycles. The third-order valence-corrected chi connectivity index (χ3v) is 3.32. The molecule has 2 nitrogen and oxygen atoms in total. The van der Waals surface area contributed by atoms with Gasteiger partial charge in [-0.05, 0) is 0 Å². The first-order valence-corrected chi connectivity index (χ1v) is 6.48. The Kier molecular flexibility index (Phi) is 3.64. The van der Waals surface area contributed by atoms with Crippen molar-refractivity contribution in [2.24, 2.45) is 11.8 Å². The number of carbonyl (C=O) groups excluding carboxylic acids is 2. The lowest BCUT2D eigenvalue weighted by atomic mass is 9.83. The van der Waals surface area contributed by atoms with E-state index in [9.17, 15) is 9.59 Å². The first-order valence-electron chi connectivity index (χ1n) is 7.48. The second kappa shape index (κ2) is 6.29. The number of hydrogen-bond acceptors (Lipinski definition) is 2. The van der Waals surface area contributed by atoms with Crippen LogP contribution in [-0.4, -0.2) is 11.6 Å². The largest absolute Gasteiger partial charge is 0.294 e. The summed E-state index contributed by atoms with van der Waals surface area (Å²) in [6.45, 7) is 2.66. The van der Waals surface area contributed by atoms with Crippen LogP contribution >= 0.6 is 0 Å². The highest BCUT2D eigenvalue weighted by Gasteiger charge is 2.27. The molecule has 2 heteroatoms. The van der Waals surface area contributed by atoms with Crippen LogP contribution in [0.25, 0.3) is 0 Å². The molecule has 0 fully saturated rings. The second-order valence-corrected chi connectivity index (χ2v) is 4.64. The highest BCUT2D eigenvalue weighted by Crippen LogP contribution is 2.21. The van der Waals surface area contributed by atoms with E-state index in [2.05, 4.69) is 0 Å². The molecule has 0 aliphatic heterocycles. The van der Waals surface area contributed by atoms with Crippen LogP contribution in [0.1, 0.15) is 37.3 Å². The smallest absolute Gasteiger partial charge is 0.166 e. The summed E-state index contributed by atoms with van der Waals surface area (Å²) in [6, 6.07) is 16.7. The van der Waals surface area contributed by atoms with Gasteiger partial charge >= 0.3 is 0 Å². The Labute approximate surface area is 122 Å². The van der Waals surface area contributed by atoms with Crippen molar-refractivity contribution in [3.05, 3.63) is 71.8 Å². The predicted molar refractivity (Wildman–Crippen MR) is 79.9 cm³/mol. The van der Waals surface area contributed by atoms with Gasteiger partial charge in [0.25, 0.3) is 0 Å². The van der Waals surface area contributed by atoms with Gasteiger partial charge in [-0.15, -0.1) is 0 Å². The summed E-state index contributed by atoms with van der Waals surface area (Å²) in [5.74, 6) is -4.84. The van der Waals surface area contributed by atoms with E-state index in [1.807, 2.05) is 0 Å². The lowest BCUT2D eigenvalue weighted by molar-refractivity contribution is 0.0794. The fourth-order valence-corrected chi connectivity index (χ4v) is 1.95. The van der Waals surface area contributed by atoms with E-state index in [1.54, 1.807) is 60.7 Å². The van der Waals surface area contributed by atoms with Gasteiger partial charge in [-0.3, -0.25) is 9.59 Å². The van der Waals surface area contributed by atoms with Gasteiger partial charge < -0.3 is 0 Å². The summed E-state index contributed by atoms with van der Waals surface area (Å²) in [6.07, 6.45) is 0. The monoisotopic (exact) mass is 268 g/mol. The lowest BCUT2D eigenvalue weighted by Crippen LogP contribution is -2.25. The van der Waals surface area contributed by atoms with Crippen LogP contribution in [0.2, 0.25) is 0 Å². The Morgan fingerprint density at radius 2 is 1.05 bits per heavy atom. The van der Waals surface area contributed by atoms with Gasteiger partial charge in [0.1, 0.15) is 0 Å². The number of ketones is 2. The van der Waals surface area contributed by atoms with Crippen molar-refractivity contribution in [3.8, 4) is 0 Å². The maximum absolute atomic E-state index is 12.6. The van der Waals surface area contributed by atoms with E-state index in [0.717, 1.165) is 0 Å². The minimum Gasteiger partial charge on any atom is -0.294 e. The van der Waals surface area contributed by atoms with Crippen molar-refractivity contribution in [2.75, 3.05) is 0 Å². The Hall–Kier alpha value is -2.22. The molecule has 0 unspecified atom stereocenters. The molecule has 20 heavy (non-hydrogen) atoms. The van der Waals surface area contributed by atoms with E-state index >= 15 is 0 Å². The van der Waals surface area contributed by atoms with E-state index < -0.39 is 23.4 Å². The molecule has 0 saturated heterocycles. The molecule has 0 aromatic heterocycles. The third-order valence-electron chi connectivity index (χ3n) is 3.32. The van der Waals surface area contributed by atoms with Crippen LogP contribution in [-0.2, 0) is 0 Å². The molecule has 0 aliphatic rings. The van der Waals surface area contributed by atoms with Crippen molar-refractivity contribution >= 4 is 11.6 Å². The van der Waals surface area contributed by atoms with Crippen LogP contribution < -0.4 is 0 Å². The fraction of sp³-hybridized carbons (Fsp3) is 0.222. The predicted octanol–water partition coefficient (Wildman–Crippen LogP) is 4.02. The van der Waals surface area contributed by atoms with E-state index in [4.69, 9.17) is 2.74 Å². The standard InChI is InChI=1S/C18H18O2/c1-13(17(19)15-9-5-3-6-10-15)14(2)18(20)16-11-7-4-8-12-16/h3-14H,1-2H3/t13-,14-/m1/s1/i13D,14D. The van der Waals surface area contributed by atoms with Crippen LogP contribution in [0, 0.1) is 11.8 Å². The van der Waals surface area contributed by atoms with E-state index in [1.165, 1.54) is 13.8 Å². The van der Waals surface area contributed by atoms with Crippen LogP contribution in [0.4, 0.5) is 0 Å². The SMILES string of the molecule is [2H][C@](C)(C(=O)c1ccccc1)[C@@]([2H])(C)C(=O)c1ccccc1. The van der Waals surface area contributed by atoms with E-state index in [0.29, 0.717) is 11.1 Å².